The van der Waals surface area contributed by atoms with Crippen LogP contribution in [0.5, 0.6) is 0 Å². The van der Waals surface area contributed by atoms with Crippen molar-refractivity contribution in [1.29, 1.82) is 0 Å². The minimum atomic E-state index is -0.429. The van der Waals surface area contributed by atoms with Gasteiger partial charge in [-0.15, -0.1) is 0 Å². The highest BCUT2D eigenvalue weighted by molar-refractivity contribution is 5.32. The Morgan fingerprint density at radius 1 is 1.31 bits per heavy atom. The first kappa shape index (κ1) is 11.5. The lowest BCUT2D eigenvalue weighted by Crippen LogP contribution is -2.17. The van der Waals surface area contributed by atoms with E-state index in [1.165, 1.54) is 6.07 Å². The lowest BCUT2D eigenvalue weighted by molar-refractivity contribution is 0.496. The van der Waals surface area contributed by atoms with Crippen LogP contribution in [-0.4, -0.2) is 6.54 Å². The van der Waals surface area contributed by atoms with Crippen LogP contribution >= 0.6 is 0 Å². The molecular formula is C13H17F2N. The maximum atomic E-state index is 14.2. The van der Waals surface area contributed by atoms with E-state index in [4.69, 9.17) is 0 Å². The average molecular weight is 225 g/mol. The molecule has 3 heteroatoms. The lowest BCUT2D eigenvalue weighted by Gasteiger charge is -2.16. The molecule has 0 spiro atoms. The Labute approximate surface area is 94.9 Å². The standard InChI is InChI=1S/C13H17F2N/c1-8(2)9-5-6-10(14)12(13(9)15)11-4-3-7-16-11/h5-6,8,11,16H,3-4,7H2,1-2H3. The first-order valence-electron chi connectivity index (χ1n) is 5.82. The van der Waals surface area contributed by atoms with E-state index >= 15 is 0 Å². The van der Waals surface area contributed by atoms with Gasteiger partial charge in [0.05, 0.1) is 0 Å². The number of hydrogen-bond donors (Lipinski definition) is 1. The van der Waals surface area contributed by atoms with E-state index in [0.717, 1.165) is 19.4 Å². The van der Waals surface area contributed by atoms with Gasteiger partial charge in [0, 0.05) is 11.6 Å². The second kappa shape index (κ2) is 4.50. The zero-order valence-electron chi connectivity index (χ0n) is 9.69. The van der Waals surface area contributed by atoms with E-state index in [-0.39, 0.29) is 23.3 Å². The Kier molecular flexibility index (Phi) is 3.24. The first-order chi connectivity index (χ1) is 7.61. The number of hydrogen-bond acceptors (Lipinski definition) is 1. The van der Waals surface area contributed by atoms with Crippen LogP contribution in [0.15, 0.2) is 12.1 Å². The maximum Gasteiger partial charge on any atom is 0.134 e. The molecule has 1 aliphatic heterocycles. The fraction of sp³-hybridized carbons (Fsp3) is 0.538. The highest BCUT2D eigenvalue weighted by Crippen LogP contribution is 2.31. The Morgan fingerprint density at radius 3 is 2.62 bits per heavy atom. The van der Waals surface area contributed by atoms with Crippen molar-refractivity contribution < 1.29 is 8.78 Å². The first-order valence-corrected chi connectivity index (χ1v) is 5.82. The number of halogens is 2. The predicted molar refractivity (Wildman–Crippen MR) is 60.4 cm³/mol. The number of nitrogens with one attached hydrogen (secondary N) is 1. The lowest BCUT2D eigenvalue weighted by atomic mass is 9.95. The van der Waals surface area contributed by atoms with Gasteiger partial charge in [-0.1, -0.05) is 19.9 Å². The topological polar surface area (TPSA) is 12.0 Å². The molecule has 1 fully saturated rings. The minimum absolute atomic E-state index is 0.0840. The summed E-state index contributed by atoms with van der Waals surface area (Å²) >= 11 is 0. The second-order valence-electron chi connectivity index (χ2n) is 4.67. The van der Waals surface area contributed by atoms with Crippen molar-refractivity contribution >= 4 is 0 Å². The maximum absolute atomic E-state index is 14.2. The van der Waals surface area contributed by atoms with Crippen molar-refractivity contribution in [3.63, 3.8) is 0 Å². The molecule has 1 aliphatic rings. The van der Waals surface area contributed by atoms with E-state index in [0.29, 0.717) is 5.56 Å². The molecule has 1 nitrogen and oxygen atoms in total. The van der Waals surface area contributed by atoms with Gasteiger partial charge >= 0.3 is 0 Å². The van der Waals surface area contributed by atoms with Gasteiger partial charge in [0.2, 0.25) is 0 Å². The third kappa shape index (κ3) is 1.96. The van der Waals surface area contributed by atoms with Crippen molar-refractivity contribution in [2.24, 2.45) is 0 Å². The van der Waals surface area contributed by atoms with Gasteiger partial charge < -0.3 is 5.32 Å². The van der Waals surface area contributed by atoms with Crippen molar-refractivity contribution in [3.05, 3.63) is 34.9 Å². The molecule has 1 unspecified atom stereocenters. The molecule has 16 heavy (non-hydrogen) atoms. The van der Waals surface area contributed by atoms with Gasteiger partial charge in [-0.2, -0.15) is 0 Å². The summed E-state index contributed by atoms with van der Waals surface area (Å²) in [5.41, 5.74) is 0.828. The van der Waals surface area contributed by atoms with Crippen LogP contribution in [0.1, 0.15) is 49.8 Å². The van der Waals surface area contributed by atoms with Crippen LogP contribution < -0.4 is 5.32 Å². The number of benzene rings is 1. The molecule has 1 aromatic carbocycles. The molecule has 1 saturated heterocycles. The molecule has 0 radical (unpaired) electrons. The van der Waals surface area contributed by atoms with Gasteiger partial charge in [0.25, 0.3) is 0 Å². The Balaban J connectivity index is 2.45. The largest absolute Gasteiger partial charge is 0.310 e. The Bertz CT molecular complexity index is 382. The summed E-state index contributed by atoms with van der Waals surface area (Å²) in [5.74, 6) is -0.712. The molecular weight excluding hydrogens is 208 g/mol. The van der Waals surface area contributed by atoms with Crippen molar-refractivity contribution in [2.75, 3.05) is 6.54 Å². The smallest absolute Gasteiger partial charge is 0.134 e. The molecule has 0 amide bonds. The average Bonchev–Trinajstić information content (AvgIpc) is 2.70. The Morgan fingerprint density at radius 2 is 2.06 bits per heavy atom. The third-order valence-corrected chi connectivity index (χ3v) is 3.19. The van der Waals surface area contributed by atoms with E-state index in [2.05, 4.69) is 5.32 Å². The quantitative estimate of drug-likeness (QED) is 0.812. The molecule has 88 valence electrons. The summed E-state index contributed by atoms with van der Waals surface area (Å²) in [6.45, 7) is 4.68. The van der Waals surface area contributed by atoms with Crippen LogP contribution in [0, 0.1) is 11.6 Å². The minimum Gasteiger partial charge on any atom is -0.310 e. The Hall–Kier alpha value is -0.960. The van der Waals surface area contributed by atoms with E-state index in [9.17, 15) is 8.78 Å². The van der Waals surface area contributed by atoms with E-state index < -0.39 is 5.82 Å². The monoisotopic (exact) mass is 225 g/mol. The van der Waals surface area contributed by atoms with Crippen molar-refractivity contribution in [2.45, 2.75) is 38.6 Å². The van der Waals surface area contributed by atoms with Crippen molar-refractivity contribution in [3.8, 4) is 0 Å². The van der Waals surface area contributed by atoms with Crippen LogP contribution in [0.3, 0.4) is 0 Å². The highest BCUT2D eigenvalue weighted by atomic mass is 19.1. The summed E-state index contributed by atoms with van der Waals surface area (Å²) in [7, 11) is 0. The molecule has 2 rings (SSSR count). The van der Waals surface area contributed by atoms with Gasteiger partial charge in [0.15, 0.2) is 0 Å². The predicted octanol–water partition coefficient (Wildman–Crippen LogP) is 3.51. The molecule has 1 heterocycles. The van der Waals surface area contributed by atoms with Crippen LogP contribution in [0.25, 0.3) is 0 Å². The summed E-state index contributed by atoms with van der Waals surface area (Å²) in [6.07, 6.45) is 1.80. The summed E-state index contributed by atoms with van der Waals surface area (Å²) < 4.78 is 27.8. The SMILES string of the molecule is CC(C)c1ccc(F)c(C2CCCN2)c1F. The second-order valence-corrected chi connectivity index (χ2v) is 4.67. The normalized spacial score (nSPS) is 20.7. The molecule has 1 N–H and O–H groups in total. The van der Waals surface area contributed by atoms with Crippen molar-refractivity contribution in [1.82, 2.24) is 5.32 Å². The third-order valence-electron chi connectivity index (χ3n) is 3.19. The van der Waals surface area contributed by atoms with Crippen LogP contribution in [-0.2, 0) is 0 Å². The van der Waals surface area contributed by atoms with Gasteiger partial charge in [-0.05, 0) is 36.9 Å². The van der Waals surface area contributed by atoms with Gasteiger partial charge in [0.1, 0.15) is 11.6 Å². The summed E-state index contributed by atoms with van der Waals surface area (Å²) in [5, 5.41) is 3.14. The molecule has 0 aliphatic carbocycles. The van der Waals surface area contributed by atoms with E-state index in [1.807, 2.05) is 13.8 Å². The van der Waals surface area contributed by atoms with Crippen LogP contribution in [0.2, 0.25) is 0 Å². The van der Waals surface area contributed by atoms with Gasteiger partial charge in [-0.25, -0.2) is 8.78 Å². The van der Waals surface area contributed by atoms with Crippen LogP contribution in [0.4, 0.5) is 8.78 Å². The zero-order chi connectivity index (χ0) is 11.7. The highest BCUT2D eigenvalue weighted by Gasteiger charge is 2.25. The zero-order valence-corrected chi connectivity index (χ0v) is 9.69. The number of rotatable bonds is 2. The molecule has 0 saturated carbocycles. The fourth-order valence-corrected chi connectivity index (χ4v) is 2.28. The summed E-state index contributed by atoms with van der Waals surface area (Å²) in [6, 6.07) is 2.78. The molecule has 1 atom stereocenters. The van der Waals surface area contributed by atoms with Gasteiger partial charge in [-0.3, -0.25) is 0 Å². The van der Waals surface area contributed by atoms with E-state index in [1.54, 1.807) is 6.07 Å². The summed E-state index contributed by atoms with van der Waals surface area (Å²) in [4.78, 5) is 0. The molecule has 0 aromatic heterocycles. The fourth-order valence-electron chi connectivity index (χ4n) is 2.28. The molecule has 1 aromatic rings. The molecule has 0 bridgehead atoms.